The zero-order valence-corrected chi connectivity index (χ0v) is 13.9. The van der Waals surface area contributed by atoms with Crippen molar-refractivity contribution in [3.63, 3.8) is 0 Å². The Bertz CT molecular complexity index is 787. The molecule has 0 radical (unpaired) electrons. The lowest BCUT2D eigenvalue weighted by Crippen LogP contribution is -2.26. The highest BCUT2D eigenvalue weighted by atomic mass is 32.2. The number of nitrogens with one attached hydrogen (secondary N) is 3. The minimum Gasteiger partial charge on any atom is -0.395 e. The average molecular weight is 349 g/mol. The van der Waals surface area contributed by atoms with Crippen LogP contribution in [0.3, 0.4) is 0 Å². The number of urea groups is 1. The van der Waals surface area contributed by atoms with Gasteiger partial charge < -0.3 is 15.7 Å². The van der Waals surface area contributed by atoms with Gasteiger partial charge in [0.25, 0.3) is 0 Å². The van der Waals surface area contributed by atoms with Crippen molar-refractivity contribution < 1.29 is 18.3 Å². The van der Waals surface area contributed by atoms with Crippen molar-refractivity contribution in [2.24, 2.45) is 0 Å². The van der Waals surface area contributed by atoms with Gasteiger partial charge in [0.15, 0.2) is 0 Å². The van der Waals surface area contributed by atoms with Gasteiger partial charge in [-0.15, -0.1) is 0 Å². The fourth-order valence-electron chi connectivity index (χ4n) is 1.91. The quantitative estimate of drug-likeness (QED) is 0.639. The Morgan fingerprint density at radius 1 is 0.958 bits per heavy atom. The van der Waals surface area contributed by atoms with Crippen molar-refractivity contribution >= 4 is 27.4 Å². The molecule has 0 unspecified atom stereocenters. The fraction of sp³-hybridized carbons (Fsp3) is 0.188. The van der Waals surface area contributed by atoms with E-state index in [9.17, 15) is 13.2 Å². The van der Waals surface area contributed by atoms with Gasteiger partial charge in [-0.05, 0) is 43.3 Å². The first-order valence-electron chi connectivity index (χ1n) is 7.26. The van der Waals surface area contributed by atoms with Crippen LogP contribution in [0.1, 0.15) is 5.56 Å². The molecule has 7 nitrogen and oxygen atoms in total. The Hall–Kier alpha value is -2.42. The summed E-state index contributed by atoms with van der Waals surface area (Å²) in [5, 5.41) is 14.0. The van der Waals surface area contributed by atoms with Crippen LogP contribution in [-0.4, -0.2) is 32.7 Å². The molecule has 0 spiro atoms. The fourth-order valence-corrected chi connectivity index (χ4v) is 2.93. The zero-order chi connectivity index (χ0) is 17.6. The van der Waals surface area contributed by atoms with Gasteiger partial charge in [0, 0.05) is 17.9 Å². The molecule has 0 heterocycles. The molecule has 0 saturated carbocycles. The molecular weight excluding hydrogens is 330 g/mol. The molecule has 0 atom stereocenters. The number of anilines is 2. The monoisotopic (exact) mass is 349 g/mol. The SMILES string of the molecule is Cc1ccc(NC(=O)Nc2ccc(S(=O)(=O)NCCO)cc2)cc1. The van der Waals surface area contributed by atoms with Gasteiger partial charge in [0.1, 0.15) is 0 Å². The normalized spacial score (nSPS) is 11.1. The molecule has 0 saturated heterocycles. The summed E-state index contributed by atoms with van der Waals surface area (Å²) in [5.74, 6) is 0. The van der Waals surface area contributed by atoms with Crippen LogP contribution >= 0.6 is 0 Å². The van der Waals surface area contributed by atoms with Crippen molar-refractivity contribution in [3.05, 3.63) is 54.1 Å². The smallest absolute Gasteiger partial charge is 0.323 e. The first-order chi connectivity index (χ1) is 11.4. The van der Waals surface area contributed by atoms with Crippen LogP contribution in [0.4, 0.5) is 16.2 Å². The van der Waals surface area contributed by atoms with Crippen molar-refractivity contribution in [3.8, 4) is 0 Å². The van der Waals surface area contributed by atoms with Gasteiger partial charge in [-0.1, -0.05) is 17.7 Å². The highest BCUT2D eigenvalue weighted by Gasteiger charge is 2.13. The first-order valence-corrected chi connectivity index (χ1v) is 8.74. The van der Waals surface area contributed by atoms with Crippen molar-refractivity contribution in [1.29, 1.82) is 0 Å². The van der Waals surface area contributed by atoms with E-state index in [4.69, 9.17) is 5.11 Å². The number of aryl methyl sites for hydroxylation is 1. The molecule has 0 aliphatic rings. The van der Waals surface area contributed by atoms with E-state index in [-0.39, 0.29) is 18.0 Å². The van der Waals surface area contributed by atoms with Gasteiger partial charge in [-0.2, -0.15) is 0 Å². The number of carbonyl (C=O) groups is 1. The number of aliphatic hydroxyl groups is 1. The molecule has 2 aromatic rings. The van der Waals surface area contributed by atoms with Crippen LogP contribution in [-0.2, 0) is 10.0 Å². The van der Waals surface area contributed by atoms with Gasteiger partial charge in [-0.3, -0.25) is 0 Å². The second-order valence-corrected chi connectivity index (χ2v) is 6.86. The average Bonchev–Trinajstić information content (AvgIpc) is 2.55. The van der Waals surface area contributed by atoms with Crippen LogP contribution in [0.2, 0.25) is 0 Å². The number of sulfonamides is 1. The summed E-state index contributed by atoms with van der Waals surface area (Å²) >= 11 is 0. The number of hydrogen-bond acceptors (Lipinski definition) is 4. The van der Waals surface area contributed by atoms with Crippen LogP contribution in [0.25, 0.3) is 0 Å². The van der Waals surface area contributed by atoms with Gasteiger partial charge >= 0.3 is 6.03 Å². The number of rotatable bonds is 6. The predicted octanol–water partition coefficient (Wildman–Crippen LogP) is 1.91. The van der Waals surface area contributed by atoms with Crippen LogP contribution in [0.15, 0.2) is 53.4 Å². The summed E-state index contributed by atoms with van der Waals surface area (Å²) in [7, 11) is -3.66. The number of aliphatic hydroxyl groups excluding tert-OH is 1. The molecular formula is C16H19N3O4S. The summed E-state index contributed by atoms with van der Waals surface area (Å²) in [6, 6.07) is 12.7. The van der Waals surface area contributed by atoms with Gasteiger partial charge in [0.2, 0.25) is 10.0 Å². The molecule has 4 N–H and O–H groups in total. The largest absolute Gasteiger partial charge is 0.395 e. The van der Waals surface area contributed by atoms with Gasteiger partial charge in [0.05, 0.1) is 11.5 Å². The van der Waals surface area contributed by atoms with Crippen molar-refractivity contribution in [1.82, 2.24) is 4.72 Å². The lowest BCUT2D eigenvalue weighted by atomic mass is 10.2. The molecule has 24 heavy (non-hydrogen) atoms. The molecule has 0 fully saturated rings. The third-order valence-corrected chi connectivity index (χ3v) is 4.61. The molecule has 128 valence electrons. The first kappa shape index (κ1) is 17.9. The number of amides is 2. The van der Waals surface area contributed by atoms with E-state index >= 15 is 0 Å². The van der Waals surface area contributed by atoms with Crippen molar-refractivity contribution in [2.75, 3.05) is 23.8 Å². The summed E-state index contributed by atoms with van der Waals surface area (Å²) in [5.41, 5.74) is 2.21. The number of hydrogen-bond donors (Lipinski definition) is 4. The highest BCUT2D eigenvalue weighted by molar-refractivity contribution is 7.89. The summed E-state index contributed by atoms with van der Waals surface area (Å²) < 4.78 is 26.0. The maximum absolute atomic E-state index is 11.9. The standard InChI is InChI=1S/C16H19N3O4S/c1-12-2-4-13(5-3-12)18-16(21)19-14-6-8-15(9-7-14)24(22,23)17-10-11-20/h2-9,17,20H,10-11H2,1H3,(H2,18,19,21). The minimum absolute atomic E-state index is 0.0543. The maximum Gasteiger partial charge on any atom is 0.323 e. The minimum atomic E-state index is -3.66. The molecule has 2 amide bonds. The molecule has 0 aliphatic carbocycles. The van der Waals surface area contributed by atoms with E-state index in [1.807, 2.05) is 19.1 Å². The molecule has 0 bridgehead atoms. The third-order valence-electron chi connectivity index (χ3n) is 3.14. The molecule has 8 heteroatoms. The van der Waals surface area contributed by atoms with E-state index < -0.39 is 16.1 Å². The van der Waals surface area contributed by atoms with E-state index in [1.165, 1.54) is 24.3 Å². The number of benzene rings is 2. The van der Waals surface area contributed by atoms with Crippen molar-refractivity contribution in [2.45, 2.75) is 11.8 Å². The lowest BCUT2D eigenvalue weighted by molar-refractivity contribution is 0.262. The zero-order valence-electron chi connectivity index (χ0n) is 13.1. The lowest BCUT2D eigenvalue weighted by Gasteiger charge is -2.09. The second kappa shape index (κ2) is 7.91. The topological polar surface area (TPSA) is 108 Å². The van der Waals surface area contributed by atoms with E-state index in [1.54, 1.807) is 12.1 Å². The number of carbonyl (C=O) groups excluding carboxylic acids is 1. The summed E-state index contributed by atoms with van der Waals surface area (Å²) in [4.78, 5) is 12.0. The van der Waals surface area contributed by atoms with Crippen LogP contribution in [0.5, 0.6) is 0 Å². The third kappa shape index (κ3) is 5.05. The van der Waals surface area contributed by atoms with E-state index in [2.05, 4.69) is 15.4 Å². The summed E-state index contributed by atoms with van der Waals surface area (Å²) in [6.45, 7) is 1.62. The summed E-state index contributed by atoms with van der Waals surface area (Å²) in [6.07, 6.45) is 0. The Kier molecular flexibility index (Phi) is 5.91. The Morgan fingerprint density at radius 3 is 1.96 bits per heavy atom. The van der Waals surface area contributed by atoms with E-state index in [0.717, 1.165) is 5.56 Å². The maximum atomic E-state index is 11.9. The Balaban J connectivity index is 1.98. The Morgan fingerprint density at radius 2 is 1.46 bits per heavy atom. The van der Waals surface area contributed by atoms with Gasteiger partial charge in [-0.25, -0.2) is 17.9 Å². The Labute approximate surface area is 140 Å². The van der Waals surface area contributed by atoms with Crippen LogP contribution < -0.4 is 15.4 Å². The highest BCUT2D eigenvalue weighted by Crippen LogP contribution is 2.15. The molecule has 0 aliphatic heterocycles. The molecule has 2 aromatic carbocycles. The molecule has 2 rings (SSSR count). The molecule has 0 aromatic heterocycles. The predicted molar refractivity (Wildman–Crippen MR) is 92.5 cm³/mol. The second-order valence-electron chi connectivity index (χ2n) is 5.09. The van der Waals surface area contributed by atoms with E-state index in [0.29, 0.717) is 11.4 Å². The van der Waals surface area contributed by atoms with Crippen LogP contribution in [0, 0.1) is 6.92 Å².